The molecule has 0 atom stereocenters. The van der Waals surface area contributed by atoms with Gasteiger partial charge < -0.3 is 10.4 Å². The molecule has 1 aliphatic rings. The minimum absolute atomic E-state index is 0.0913. The highest BCUT2D eigenvalue weighted by molar-refractivity contribution is 7.90. The second kappa shape index (κ2) is 14.2. The molecule has 38 heavy (non-hydrogen) atoms. The Balaban J connectivity index is 0.000000638. The van der Waals surface area contributed by atoms with Gasteiger partial charge in [-0.15, -0.1) is 0 Å². The standard InChI is InChI=1S/C21H28ClN3O4S2.C2HF3O2/c22-20-8-10-21(11-9-20)31(28,29)25(14-4-7-19-5-2-1-3-6-19)17-18-30(26,27)24-15-12-23-13-16-24;3-2(4,5)1(6)7/h1-3,5-6,8-11,23H,4,7,12-18H2;(H,6,7). The summed E-state index contributed by atoms with van der Waals surface area (Å²) in [4.78, 5) is 9.00. The second-order valence-corrected chi connectivity index (χ2v) is 12.7. The first kappa shape index (κ1) is 32.0. The van der Waals surface area contributed by atoms with E-state index < -0.39 is 32.2 Å². The first-order valence-electron chi connectivity index (χ1n) is 11.5. The third-order valence-electron chi connectivity index (χ3n) is 5.48. The number of alkyl halides is 3. The van der Waals surface area contributed by atoms with Gasteiger partial charge in [-0.05, 0) is 42.7 Å². The zero-order valence-electron chi connectivity index (χ0n) is 20.3. The maximum absolute atomic E-state index is 13.2. The van der Waals surface area contributed by atoms with Crippen LogP contribution in [-0.4, -0.2) is 87.7 Å². The molecule has 9 nitrogen and oxygen atoms in total. The van der Waals surface area contributed by atoms with Crippen LogP contribution in [-0.2, 0) is 31.3 Å². The summed E-state index contributed by atoms with van der Waals surface area (Å²) >= 11 is 5.90. The summed E-state index contributed by atoms with van der Waals surface area (Å²) in [5, 5.41) is 10.7. The van der Waals surface area contributed by atoms with Crippen molar-refractivity contribution in [3.8, 4) is 0 Å². The zero-order valence-corrected chi connectivity index (χ0v) is 22.7. The molecule has 0 saturated carbocycles. The van der Waals surface area contributed by atoms with Crippen LogP contribution >= 0.6 is 11.6 Å². The van der Waals surface area contributed by atoms with E-state index in [1.807, 2.05) is 30.3 Å². The van der Waals surface area contributed by atoms with Crippen molar-refractivity contribution < 1.29 is 39.9 Å². The number of nitrogens with zero attached hydrogens (tertiary/aromatic N) is 2. The molecular weight excluding hydrogens is 571 g/mol. The Morgan fingerprint density at radius 1 is 0.974 bits per heavy atom. The highest BCUT2D eigenvalue weighted by Crippen LogP contribution is 2.20. The van der Waals surface area contributed by atoms with E-state index in [9.17, 15) is 30.0 Å². The number of rotatable bonds is 10. The van der Waals surface area contributed by atoms with Gasteiger partial charge in [0.05, 0.1) is 10.6 Å². The molecule has 1 saturated heterocycles. The number of carboxylic acids is 1. The number of sulfonamides is 2. The fourth-order valence-electron chi connectivity index (χ4n) is 3.48. The van der Waals surface area contributed by atoms with Crippen molar-refractivity contribution in [1.29, 1.82) is 0 Å². The first-order chi connectivity index (χ1) is 17.7. The van der Waals surface area contributed by atoms with Gasteiger partial charge in [0.2, 0.25) is 20.0 Å². The average molecular weight is 600 g/mol. The van der Waals surface area contributed by atoms with Crippen molar-refractivity contribution in [3.05, 3.63) is 65.2 Å². The molecule has 15 heteroatoms. The maximum atomic E-state index is 13.2. The minimum Gasteiger partial charge on any atom is -0.475 e. The molecule has 3 rings (SSSR count). The van der Waals surface area contributed by atoms with Crippen LogP contribution in [0.15, 0.2) is 59.5 Å². The topological polar surface area (TPSA) is 124 Å². The molecule has 1 aliphatic heterocycles. The fraction of sp³-hybridized carbons (Fsp3) is 0.435. The van der Waals surface area contributed by atoms with Crippen LogP contribution < -0.4 is 5.32 Å². The van der Waals surface area contributed by atoms with Gasteiger partial charge >= 0.3 is 12.1 Å². The highest BCUT2D eigenvalue weighted by atomic mass is 35.5. The number of benzene rings is 2. The Morgan fingerprint density at radius 2 is 1.53 bits per heavy atom. The molecule has 0 aliphatic carbocycles. The van der Waals surface area contributed by atoms with Crippen LogP contribution in [0.1, 0.15) is 12.0 Å². The smallest absolute Gasteiger partial charge is 0.475 e. The number of aliphatic carboxylic acids is 1. The quantitative estimate of drug-likeness (QED) is 0.430. The van der Waals surface area contributed by atoms with Gasteiger partial charge in [-0.25, -0.2) is 21.6 Å². The lowest BCUT2D eigenvalue weighted by molar-refractivity contribution is -0.192. The normalized spacial score (nSPS) is 15.1. The molecule has 0 amide bonds. The number of carbonyl (C=O) groups is 1. The number of carboxylic acid groups (broad SMARTS) is 1. The molecule has 2 aromatic rings. The van der Waals surface area contributed by atoms with Crippen molar-refractivity contribution in [2.24, 2.45) is 0 Å². The molecule has 0 aromatic heterocycles. The van der Waals surface area contributed by atoms with Crippen molar-refractivity contribution >= 4 is 37.6 Å². The van der Waals surface area contributed by atoms with E-state index in [-0.39, 0.29) is 23.7 Å². The summed E-state index contributed by atoms with van der Waals surface area (Å²) in [5.41, 5.74) is 1.11. The highest BCUT2D eigenvalue weighted by Gasteiger charge is 2.38. The summed E-state index contributed by atoms with van der Waals surface area (Å²) < 4.78 is 86.4. The Morgan fingerprint density at radius 3 is 2.05 bits per heavy atom. The molecular formula is C23H29ClF3N3O6S2. The second-order valence-electron chi connectivity index (χ2n) is 8.22. The molecule has 1 heterocycles. The van der Waals surface area contributed by atoms with Crippen molar-refractivity contribution in [2.45, 2.75) is 23.9 Å². The summed E-state index contributed by atoms with van der Waals surface area (Å²) in [6, 6.07) is 15.7. The Hall–Kier alpha value is -2.23. The lowest BCUT2D eigenvalue weighted by Gasteiger charge is -2.28. The molecule has 0 radical (unpaired) electrons. The summed E-state index contributed by atoms with van der Waals surface area (Å²) in [6.45, 7) is 2.15. The maximum Gasteiger partial charge on any atom is 0.490 e. The van der Waals surface area contributed by atoms with Crippen LogP contribution in [0.2, 0.25) is 5.02 Å². The Bertz CT molecular complexity index is 1240. The van der Waals surface area contributed by atoms with Gasteiger partial charge in [0.1, 0.15) is 0 Å². The summed E-state index contributed by atoms with van der Waals surface area (Å²) in [7, 11) is -7.38. The molecule has 0 unspecified atom stereocenters. The molecule has 212 valence electrons. The van der Waals surface area contributed by atoms with Crippen LogP contribution in [0.3, 0.4) is 0 Å². The van der Waals surface area contributed by atoms with E-state index in [1.165, 1.54) is 32.9 Å². The lowest BCUT2D eigenvalue weighted by atomic mass is 10.1. The summed E-state index contributed by atoms with van der Waals surface area (Å²) in [5.74, 6) is -3.00. The van der Waals surface area contributed by atoms with Gasteiger partial charge in [0.15, 0.2) is 0 Å². The Kier molecular flexibility index (Phi) is 12.0. The number of halogens is 4. The van der Waals surface area contributed by atoms with E-state index in [2.05, 4.69) is 5.32 Å². The third-order valence-corrected chi connectivity index (χ3v) is 9.49. The SMILES string of the molecule is O=C(O)C(F)(F)F.O=S(=O)(CCN(CCCc1ccccc1)S(=O)(=O)c1ccc(Cl)cc1)N1CCNCC1. The van der Waals surface area contributed by atoms with Gasteiger partial charge in [0, 0.05) is 44.3 Å². The molecule has 0 spiro atoms. The molecule has 1 fully saturated rings. The number of aryl methyl sites for hydroxylation is 1. The van der Waals surface area contributed by atoms with Crippen LogP contribution in [0.5, 0.6) is 0 Å². The average Bonchev–Trinajstić information content (AvgIpc) is 2.87. The van der Waals surface area contributed by atoms with Crippen molar-refractivity contribution in [1.82, 2.24) is 13.9 Å². The predicted octanol–water partition coefficient (Wildman–Crippen LogP) is 2.83. The van der Waals surface area contributed by atoms with E-state index >= 15 is 0 Å². The van der Waals surface area contributed by atoms with Gasteiger partial charge in [-0.3, -0.25) is 0 Å². The minimum atomic E-state index is -5.08. The third kappa shape index (κ3) is 10.2. The lowest BCUT2D eigenvalue weighted by Crippen LogP contribution is -2.48. The molecule has 2 N–H and O–H groups in total. The van der Waals surface area contributed by atoms with Crippen LogP contribution in [0.25, 0.3) is 0 Å². The first-order valence-corrected chi connectivity index (χ1v) is 14.9. The predicted molar refractivity (Wildman–Crippen MR) is 137 cm³/mol. The fourth-order valence-corrected chi connectivity index (χ4v) is 6.65. The molecule has 2 aromatic carbocycles. The number of hydrogen-bond donors (Lipinski definition) is 2. The van der Waals surface area contributed by atoms with Crippen molar-refractivity contribution in [3.63, 3.8) is 0 Å². The number of piperazine rings is 1. The van der Waals surface area contributed by atoms with E-state index in [0.29, 0.717) is 44.0 Å². The summed E-state index contributed by atoms with van der Waals surface area (Å²) in [6.07, 6.45) is -3.79. The van der Waals surface area contributed by atoms with E-state index in [4.69, 9.17) is 21.5 Å². The van der Waals surface area contributed by atoms with Gasteiger partial charge in [-0.1, -0.05) is 41.9 Å². The van der Waals surface area contributed by atoms with Gasteiger partial charge in [-0.2, -0.15) is 21.8 Å². The number of hydrogen-bond acceptors (Lipinski definition) is 6. The van der Waals surface area contributed by atoms with E-state index in [1.54, 1.807) is 0 Å². The Labute approximate surface area is 225 Å². The monoisotopic (exact) mass is 599 g/mol. The van der Waals surface area contributed by atoms with Crippen LogP contribution in [0, 0.1) is 0 Å². The largest absolute Gasteiger partial charge is 0.490 e. The molecule has 0 bridgehead atoms. The number of nitrogens with one attached hydrogen (secondary N) is 1. The van der Waals surface area contributed by atoms with E-state index in [0.717, 1.165) is 5.56 Å². The van der Waals surface area contributed by atoms with Gasteiger partial charge in [0.25, 0.3) is 0 Å². The van der Waals surface area contributed by atoms with Crippen LogP contribution in [0.4, 0.5) is 13.2 Å². The zero-order chi connectivity index (χ0) is 28.4. The van der Waals surface area contributed by atoms with Crippen molar-refractivity contribution in [2.75, 3.05) is 45.0 Å².